The fourth-order valence-electron chi connectivity index (χ4n) is 1.69. The second-order valence-corrected chi connectivity index (χ2v) is 4.74. The normalized spacial score (nSPS) is 14.0. The first-order chi connectivity index (χ1) is 8.56. The fraction of sp³-hybridized carbons (Fsp3) is 0.571. The molecule has 0 saturated heterocycles. The summed E-state index contributed by atoms with van der Waals surface area (Å²) in [5.41, 5.74) is 6.93. The second-order valence-electron chi connectivity index (χ2n) is 4.74. The van der Waals surface area contributed by atoms with Crippen molar-refractivity contribution < 1.29 is 4.79 Å². The van der Waals surface area contributed by atoms with Crippen LogP contribution >= 0.6 is 0 Å². The fourth-order valence-corrected chi connectivity index (χ4v) is 1.69. The van der Waals surface area contributed by atoms with E-state index in [1.165, 1.54) is 0 Å². The van der Waals surface area contributed by atoms with Crippen LogP contribution in [0.5, 0.6) is 0 Å². The Bertz CT molecular complexity index is 367. The molecule has 0 aliphatic heterocycles. The van der Waals surface area contributed by atoms with E-state index < -0.39 is 6.04 Å². The molecule has 1 heterocycles. The highest BCUT2D eigenvalue weighted by atomic mass is 16.2. The van der Waals surface area contributed by atoms with Crippen LogP contribution in [0.3, 0.4) is 0 Å². The third-order valence-corrected chi connectivity index (χ3v) is 3.35. The van der Waals surface area contributed by atoms with Gasteiger partial charge >= 0.3 is 0 Å². The molecule has 1 amide bonds. The molecular formula is C14H23N3O. The highest BCUT2D eigenvalue weighted by molar-refractivity contribution is 5.81. The van der Waals surface area contributed by atoms with E-state index in [0.29, 0.717) is 6.54 Å². The van der Waals surface area contributed by atoms with Gasteiger partial charge < -0.3 is 10.6 Å². The summed E-state index contributed by atoms with van der Waals surface area (Å²) in [4.78, 5) is 18.0. The zero-order valence-electron chi connectivity index (χ0n) is 11.5. The predicted octanol–water partition coefficient (Wildman–Crippen LogP) is 1.46. The molecule has 100 valence electrons. The quantitative estimate of drug-likeness (QED) is 0.830. The van der Waals surface area contributed by atoms with Crippen LogP contribution in [0.2, 0.25) is 0 Å². The molecule has 4 nitrogen and oxygen atoms in total. The van der Waals surface area contributed by atoms with E-state index in [2.05, 4.69) is 4.98 Å². The summed E-state index contributed by atoms with van der Waals surface area (Å²) in [5, 5.41) is 0. The maximum atomic E-state index is 12.0. The van der Waals surface area contributed by atoms with E-state index >= 15 is 0 Å². The van der Waals surface area contributed by atoms with Crippen LogP contribution in [-0.4, -0.2) is 35.4 Å². The molecule has 1 aromatic rings. The van der Waals surface area contributed by atoms with Gasteiger partial charge in [0, 0.05) is 31.9 Å². The standard InChI is InChI=1S/C14H23N3O/c1-4-11(2)13(15)14(18)17(3)10-8-12-7-5-6-9-16-12/h5-7,9,11,13H,4,8,10,15H2,1-3H3. The molecule has 0 radical (unpaired) electrons. The largest absolute Gasteiger partial charge is 0.344 e. The molecule has 0 spiro atoms. The Kier molecular flexibility index (Phi) is 5.78. The smallest absolute Gasteiger partial charge is 0.239 e. The lowest BCUT2D eigenvalue weighted by molar-refractivity contribution is -0.132. The molecule has 0 aliphatic carbocycles. The summed E-state index contributed by atoms with van der Waals surface area (Å²) in [6.07, 6.45) is 3.44. The monoisotopic (exact) mass is 249 g/mol. The lowest BCUT2D eigenvalue weighted by atomic mass is 9.99. The molecule has 1 aromatic heterocycles. The Morgan fingerprint density at radius 1 is 1.50 bits per heavy atom. The summed E-state index contributed by atoms with van der Waals surface area (Å²) in [6, 6.07) is 5.41. The topological polar surface area (TPSA) is 59.2 Å². The zero-order chi connectivity index (χ0) is 13.5. The van der Waals surface area contributed by atoms with Crippen molar-refractivity contribution in [3.63, 3.8) is 0 Å². The second kappa shape index (κ2) is 7.11. The van der Waals surface area contributed by atoms with Gasteiger partial charge in [-0.3, -0.25) is 9.78 Å². The maximum absolute atomic E-state index is 12.0. The third-order valence-electron chi connectivity index (χ3n) is 3.35. The van der Waals surface area contributed by atoms with Crippen molar-refractivity contribution in [2.24, 2.45) is 11.7 Å². The highest BCUT2D eigenvalue weighted by Gasteiger charge is 2.22. The zero-order valence-corrected chi connectivity index (χ0v) is 11.5. The first kappa shape index (κ1) is 14.6. The first-order valence-electron chi connectivity index (χ1n) is 6.46. The van der Waals surface area contributed by atoms with Crippen LogP contribution in [0.4, 0.5) is 0 Å². The molecule has 0 aromatic carbocycles. The average Bonchev–Trinajstić information content (AvgIpc) is 2.43. The molecule has 2 unspecified atom stereocenters. The van der Waals surface area contributed by atoms with Crippen LogP contribution in [0.15, 0.2) is 24.4 Å². The number of carbonyl (C=O) groups excluding carboxylic acids is 1. The van der Waals surface area contributed by atoms with Crippen LogP contribution in [-0.2, 0) is 11.2 Å². The number of carbonyl (C=O) groups is 1. The van der Waals surface area contributed by atoms with Crippen molar-refractivity contribution in [2.75, 3.05) is 13.6 Å². The van der Waals surface area contributed by atoms with Crippen molar-refractivity contribution in [2.45, 2.75) is 32.7 Å². The van der Waals surface area contributed by atoms with Gasteiger partial charge in [-0.15, -0.1) is 0 Å². The molecule has 2 N–H and O–H groups in total. The Balaban J connectivity index is 2.45. The summed E-state index contributed by atoms with van der Waals surface area (Å²) < 4.78 is 0. The number of likely N-dealkylation sites (N-methyl/N-ethyl adjacent to an activating group) is 1. The van der Waals surface area contributed by atoms with E-state index in [4.69, 9.17) is 5.73 Å². The summed E-state index contributed by atoms with van der Waals surface area (Å²) in [7, 11) is 1.80. The molecule has 4 heteroatoms. The van der Waals surface area contributed by atoms with E-state index in [9.17, 15) is 4.79 Å². The van der Waals surface area contributed by atoms with Gasteiger partial charge in [-0.1, -0.05) is 26.3 Å². The van der Waals surface area contributed by atoms with Gasteiger partial charge in [0.2, 0.25) is 5.91 Å². The molecule has 1 rings (SSSR count). The van der Waals surface area contributed by atoms with Gasteiger partial charge in [0.15, 0.2) is 0 Å². The van der Waals surface area contributed by atoms with Crippen molar-refractivity contribution in [1.82, 2.24) is 9.88 Å². The van der Waals surface area contributed by atoms with Crippen LogP contribution < -0.4 is 5.73 Å². The van der Waals surface area contributed by atoms with Crippen molar-refractivity contribution >= 4 is 5.91 Å². The predicted molar refractivity (Wildman–Crippen MR) is 73.0 cm³/mol. The van der Waals surface area contributed by atoms with Crippen LogP contribution in [0.25, 0.3) is 0 Å². The number of nitrogens with zero attached hydrogens (tertiary/aromatic N) is 2. The Morgan fingerprint density at radius 3 is 2.78 bits per heavy atom. The number of nitrogens with two attached hydrogens (primary N) is 1. The number of pyridine rings is 1. The van der Waals surface area contributed by atoms with Crippen molar-refractivity contribution in [3.8, 4) is 0 Å². The molecule has 0 fully saturated rings. The number of hydrogen-bond donors (Lipinski definition) is 1. The van der Waals surface area contributed by atoms with Crippen LogP contribution in [0.1, 0.15) is 26.0 Å². The van der Waals surface area contributed by atoms with Gasteiger partial charge in [-0.05, 0) is 18.1 Å². The first-order valence-corrected chi connectivity index (χ1v) is 6.46. The molecule has 0 bridgehead atoms. The summed E-state index contributed by atoms with van der Waals surface area (Å²) >= 11 is 0. The summed E-state index contributed by atoms with van der Waals surface area (Å²) in [5.74, 6) is 0.232. The minimum atomic E-state index is -0.399. The number of amides is 1. The molecule has 0 aliphatic rings. The van der Waals surface area contributed by atoms with Crippen molar-refractivity contribution in [1.29, 1.82) is 0 Å². The Morgan fingerprint density at radius 2 is 2.22 bits per heavy atom. The van der Waals surface area contributed by atoms with E-state index in [1.54, 1.807) is 18.1 Å². The highest BCUT2D eigenvalue weighted by Crippen LogP contribution is 2.08. The minimum absolute atomic E-state index is 0.0141. The third kappa shape index (κ3) is 4.11. The minimum Gasteiger partial charge on any atom is -0.344 e. The van der Waals surface area contributed by atoms with E-state index in [0.717, 1.165) is 18.5 Å². The SMILES string of the molecule is CCC(C)C(N)C(=O)N(C)CCc1ccccn1. The molecular weight excluding hydrogens is 226 g/mol. The van der Waals surface area contributed by atoms with E-state index in [-0.39, 0.29) is 11.8 Å². The molecule has 2 atom stereocenters. The summed E-state index contributed by atoms with van der Waals surface area (Å²) in [6.45, 7) is 4.71. The average molecular weight is 249 g/mol. The van der Waals surface area contributed by atoms with Crippen LogP contribution in [0, 0.1) is 5.92 Å². The van der Waals surface area contributed by atoms with Gasteiger partial charge in [-0.2, -0.15) is 0 Å². The Hall–Kier alpha value is -1.42. The van der Waals surface area contributed by atoms with Crippen molar-refractivity contribution in [3.05, 3.63) is 30.1 Å². The van der Waals surface area contributed by atoms with Gasteiger partial charge in [0.25, 0.3) is 0 Å². The van der Waals surface area contributed by atoms with Gasteiger partial charge in [-0.25, -0.2) is 0 Å². The lowest BCUT2D eigenvalue weighted by Gasteiger charge is -2.24. The Labute approximate surface area is 109 Å². The van der Waals surface area contributed by atoms with Gasteiger partial charge in [0.05, 0.1) is 6.04 Å². The lowest BCUT2D eigenvalue weighted by Crippen LogP contribution is -2.46. The number of rotatable bonds is 6. The van der Waals surface area contributed by atoms with E-state index in [1.807, 2.05) is 32.0 Å². The van der Waals surface area contributed by atoms with Gasteiger partial charge in [0.1, 0.15) is 0 Å². The maximum Gasteiger partial charge on any atom is 0.239 e. The number of hydrogen-bond acceptors (Lipinski definition) is 3. The molecule has 18 heavy (non-hydrogen) atoms. The number of aromatic nitrogens is 1. The molecule has 0 saturated carbocycles.